The van der Waals surface area contributed by atoms with Crippen LogP contribution in [0, 0.1) is 0 Å². The fourth-order valence-corrected chi connectivity index (χ4v) is 5.48. The van der Waals surface area contributed by atoms with Crippen LogP contribution in [-0.2, 0) is 0 Å². The molecule has 27 heavy (non-hydrogen) atoms. The van der Waals surface area contributed by atoms with E-state index in [2.05, 4.69) is 0 Å². The number of hydrogen-bond donors (Lipinski definition) is 0. The van der Waals surface area contributed by atoms with Crippen molar-refractivity contribution in [3.63, 3.8) is 0 Å². The third-order valence-corrected chi connectivity index (χ3v) is 6.96. The van der Waals surface area contributed by atoms with Gasteiger partial charge in [0.05, 0.1) is 20.5 Å². The fourth-order valence-electron chi connectivity index (χ4n) is 3.11. The molecule has 0 N–H and O–H groups in total. The molecular weight excluding hydrogens is 429 g/mol. The van der Waals surface area contributed by atoms with Crippen LogP contribution in [0.3, 0.4) is 0 Å². The Morgan fingerprint density at radius 2 is 1.96 bits per heavy atom. The first kappa shape index (κ1) is 20.5. The molecule has 1 aromatic carbocycles. The third kappa shape index (κ3) is 3.48. The van der Waals surface area contributed by atoms with E-state index in [4.69, 9.17) is 39.9 Å². The molecule has 0 unspecified atom stereocenters. The molecule has 0 aliphatic carbocycles. The summed E-state index contributed by atoms with van der Waals surface area (Å²) in [6.07, 6.45) is 0.314. The van der Waals surface area contributed by atoms with Crippen molar-refractivity contribution in [3.8, 4) is 5.69 Å². The largest absolute Gasteiger partial charge is 0.447 e. The summed E-state index contributed by atoms with van der Waals surface area (Å²) in [5, 5.41) is 0.575. The summed E-state index contributed by atoms with van der Waals surface area (Å²) in [6.45, 7) is 8.01. The third-order valence-electron chi connectivity index (χ3n) is 4.63. The van der Waals surface area contributed by atoms with E-state index in [1.807, 2.05) is 32.6 Å². The maximum atomic E-state index is 13.1. The minimum atomic E-state index is -0.791. The van der Waals surface area contributed by atoms with Crippen LogP contribution in [0.1, 0.15) is 40.3 Å². The Hall–Kier alpha value is -1.22. The second-order valence-corrected chi connectivity index (χ2v) is 10.0. The summed E-state index contributed by atoms with van der Waals surface area (Å²) >= 11 is 19.0. The van der Waals surface area contributed by atoms with Crippen molar-refractivity contribution in [3.05, 3.63) is 49.3 Å². The number of nitrogens with zero attached hydrogens (tertiary/aromatic N) is 3. The van der Waals surface area contributed by atoms with Crippen LogP contribution < -0.4 is 11.4 Å². The van der Waals surface area contributed by atoms with E-state index >= 15 is 0 Å². The van der Waals surface area contributed by atoms with Gasteiger partial charge in [0.2, 0.25) is 0 Å². The molecule has 2 aromatic rings. The van der Waals surface area contributed by atoms with Crippen molar-refractivity contribution in [2.24, 2.45) is 0 Å². The van der Waals surface area contributed by atoms with Crippen molar-refractivity contribution in [1.29, 1.82) is 0 Å². The Morgan fingerprint density at radius 1 is 1.30 bits per heavy atom. The van der Waals surface area contributed by atoms with Crippen LogP contribution in [0.25, 0.3) is 5.69 Å². The quantitative estimate of drug-likeness (QED) is 0.650. The monoisotopic (exact) mass is 447 g/mol. The van der Waals surface area contributed by atoms with Crippen molar-refractivity contribution in [2.75, 3.05) is 0 Å². The highest BCUT2D eigenvalue weighted by molar-refractivity contribution is 8.24. The standard InChI is InChI=1S/C17H19Cl2N3O3S2/c1-5-9(2)20-13(17(3,4)27-16(20)26)22-14(23)21(15(24)25-22)10-6-7-11(18)12(19)8-10/h6-9,13H,5H2,1-4H3/t9-,13-/m1/s1. The Labute approximate surface area is 176 Å². The number of aromatic nitrogens is 2. The molecule has 1 saturated heterocycles. The van der Waals surface area contributed by atoms with Crippen molar-refractivity contribution >= 4 is 51.5 Å². The lowest BCUT2D eigenvalue weighted by atomic mass is 10.1. The second-order valence-electron chi connectivity index (χ2n) is 6.91. The van der Waals surface area contributed by atoms with Crippen LogP contribution in [0.5, 0.6) is 0 Å². The number of hydrogen-bond acceptors (Lipinski definition) is 5. The van der Waals surface area contributed by atoms with Crippen molar-refractivity contribution in [2.45, 2.75) is 51.1 Å². The molecule has 2 heterocycles. The summed E-state index contributed by atoms with van der Waals surface area (Å²) in [5.41, 5.74) is -0.293. The summed E-state index contributed by atoms with van der Waals surface area (Å²) in [6, 6.07) is 4.61. The number of thioether (sulfide) groups is 1. The van der Waals surface area contributed by atoms with Crippen LogP contribution in [-0.4, -0.2) is 29.3 Å². The van der Waals surface area contributed by atoms with Crippen LogP contribution in [0.4, 0.5) is 0 Å². The van der Waals surface area contributed by atoms with E-state index in [1.165, 1.54) is 23.9 Å². The van der Waals surface area contributed by atoms with Crippen molar-refractivity contribution < 1.29 is 4.52 Å². The molecule has 0 bridgehead atoms. The number of rotatable bonds is 4. The van der Waals surface area contributed by atoms with E-state index in [0.717, 1.165) is 15.7 Å². The van der Waals surface area contributed by atoms with E-state index in [1.54, 1.807) is 6.07 Å². The highest BCUT2D eigenvalue weighted by Crippen LogP contribution is 2.48. The lowest BCUT2D eigenvalue weighted by molar-refractivity contribution is 0.0694. The van der Waals surface area contributed by atoms with E-state index in [-0.39, 0.29) is 11.1 Å². The average molecular weight is 448 g/mol. The maximum absolute atomic E-state index is 13.1. The Bertz CT molecular complexity index is 1010. The highest BCUT2D eigenvalue weighted by Gasteiger charge is 2.49. The summed E-state index contributed by atoms with van der Waals surface area (Å²) in [4.78, 5) is 27.6. The van der Waals surface area contributed by atoms with Gasteiger partial charge in [-0.2, -0.15) is 4.57 Å². The van der Waals surface area contributed by atoms with Gasteiger partial charge in [0.1, 0.15) is 4.32 Å². The lowest BCUT2D eigenvalue weighted by Gasteiger charge is -2.34. The first-order valence-electron chi connectivity index (χ1n) is 8.40. The Morgan fingerprint density at radius 3 is 2.56 bits per heavy atom. The summed E-state index contributed by atoms with van der Waals surface area (Å²) in [7, 11) is 0. The SMILES string of the molecule is CC[C@@H](C)N1C(=S)SC(C)(C)[C@H]1n1oc(=O)n(-c2ccc(Cl)c(Cl)c2)c1=O. The molecule has 0 spiro atoms. The molecule has 146 valence electrons. The van der Waals surface area contributed by atoms with E-state index in [9.17, 15) is 9.59 Å². The van der Waals surface area contributed by atoms with Gasteiger partial charge in [0.25, 0.3) is 0 Å². The van der Waals surface area contributed by atoms with Gasteiger partial charge < -0.3 is 9.42 Å². The van der Waals surface area contributed by atoms with Gasteiger partial charge in [-0.3, -0.25) is 0 Å². The molecule has 3 rings (SSSR count). The maximum Gasteiger partial charge on any atom is 0.447 e. The number of halogens is 2. The predicted octanol–water partition coefficient (Wildman–Crippen LogP) is 4.31. The van der Waals surface area contributed by atoms with Gasteiger partial charge >= 0.3 is 11.4 Å². The summed E-state index contributed by atoms with van der Waals surface area (Å²) in [5.74, 6) is -0.791. The molecule has 10 heteroatoms. The number of benzene rings is 1. The molecule has 0 radical (unpaired) electrons. The minimum Gasteiger partial charge on any atom is -0.330 e. The lowest BCUT2D eigenvalue weighted by Crippen LogP contribution is -2.45. The topological polar surface area (TPSA) is 60.4 Å². The molecule has 0 amide bonds. The second kappa shape index (κ2) is 7.31. The molecule has 2 atom stereocenters. The molecule has 6 nitrogen and oxygen atoms in total. The Balaban J connectivity index is 2.18. The van der Waals surface area contributed by atoms with Gasteiger partial charge in [-0.1, -0.05) is 54.1 Å². The molecule has 1 aromatic heterocycles. The molecular formula is C17H19Cl2N3O3S2. The average Bonchev–Trinajstić information content (AvgIpc) is 3.00. The van der Waals surface area contributed by atoms with Gasteiger partial charge in [-0.05, 0) is 45.4 Å². The normalized spacial score (nSPS) is 20.3. The minimum absolute atomic E-state index is 0.0855. The molecule has 1 fully saturated rings. The zero-order chi connectivity index (χ0) is 20.1. The summed E-state index contributed by atoms with van der Waals surface area (Å²) < 4.78 is 7.66. The van der Waals surface area contributed by atoms with E-state index in [0.29, 0.717) is 15.0 Å². The molecule has 0 saturated carbocycles. The predicted molar refractivity (Wildman–Crippen MR) is 113 cm³/mol. The van der Waals surface area contributed by atoms with Gasteiger partial charge in [0, 0.05) is 6.04 Å². The van der Waals surface area contributed by atoms with Crippen LogP contribution in [0.2, 0.25) is 10.0 Å². The molecule has 1 aliphatic rings. The van der Waals surface area contributed by atoms with Crippen LogP contribution >= 0.6 is 47.2 Å². The van der Waals surface area contributed by atoms with Crippen molar-refractivity contribution in [1.82, 2.24) is 14.2 Å². The highest BCUT2D eigenvalue weighted by atomic mass is 35.5. The number of thiocarbonyl (C=S) groups is 1. The van der Waals surface area contributed by atoms with E-state index < -0.39 is 22.4 Å². The zero-order valence-electron chi connectivity index (χ0n) is 15.2. The fraction of sp³-hybridized carbons (Fsp3) is 0.471. The smallest absolute Gasteiger partial charge is 0.330 e. The Kier molecular flexibility index (Phi) is 5.55. The first-order valence-corrected chi connectivity index (χ1v) is 10.4. The first-order chi connectivity index (χ1) is 12.6. The van der Waals surface area contributed by atoms with Crippen LogP contribution in [0.15, 0.2) is 32.3 Å². The zero-order valence-corrected chi connectivity index (χ0v) is 18.4. The van der Waals surface area contributed by atoms with Gasteiger partial charge in [0.15, 0.2) is 6.17 Å². The van der Waals surface area contributed by atoms with Gasteiger partial charge in [-0.25, -0.2) is 9.59 Å². The van der Waals surface area contributed by atoms with Gasteiger partial charge in [-0.15, -0.1) is 4.74 Å². The molecule has 1 aliphatic heterocycles.